The van der Waals surface area contributed by atoms with Crippen LogP contribution in [0.15, 0.2) is 77.7 Å². The molecule has 3 aromatic rings. The van der Waals surface area contributed by atoms with Gasteiger partial charge < -0.3 is 14.2 Å². The quantitative estimate of drug-likeness (QED) is 0.212. The highest BCUT2D eigenvalue weighted by atomic mass is 32.2. The Balaban J connectivity index is 1.50. The molecule has 5 nitrogen and oxygen atoms in total. The summed E-state index contributed by atoms with van der Waals surface area (Å²) in [5.41, 5.74) is 5.25. The summed E-state index contributed by atoms with van der Waals surface area (Å²) in [4.78, 5) is 14.7. The smallest absolute Gasteiger partial charge is 0.343 e. The fourth-order valence-electron chi connectivity index (χ4n) is 3.82. The van der Waals surface area contributed by atoms with Gasteiger partial charge in [-0.1, -0.05) is 36.1 Å². The molecule has 0 N–H and O–H groups in total. The summed E-state index contributed by atoms with van der Waals surface area (Å²) in [6, 6.07) is 22.8. The van der Waals surface area contributed by atoms with Gasteiger partial charge in [0.05, 0.1) is 13.7 Å². The third kappa shape index (κ3) is 8.95. The van der Waals surface area contributed by atoms with Crippen LogP contribution in [0.2, 0.25) is 0 Å². The van der Waals surface area contributed by atoms with Gasteiger partial charge in [0.1, 0.15) is 18.1 Å². The number of methoxy groups -OCH3 is 1. The Morgan fingerprint density at radius 3 is 2.31 bits per heavy atom. The van der Waals surface area contributed by atoms with E-state index in [0.717, 1.165) is 45.4 Å². The minimum atomic E-state index is -0.416. The number of aryl methyl sites for hydroxylation is 1. The first-order chi connectivity index (χ1) is 18.9. The molecule has 0 amide bonds. The van der Waals surface area contributed by atoms with Crippen molar-refractivity contribution < 1.29 is 19.0 Å². The lowest BCUT2D eigenvalue weighted by Gasteiger charge is -2.12. The second-order valence-electron chi connectivity index (χ2n) is 9.68. The predicted octanol–water partition coefficient (Wildman–Crippen LogP) is 6.23. The molecular formula is C33H35NO4S. The van der Waals surface area contributed by atoms with Gasteiger partial charge in [0.15, 0.2) is 6.61 Å². The lowest BCUT2D eigenvalue weighted by atomic mass is 9.97. The lowest BCUT2D eigenvalue weighted by Crippen LogP contribution is -2.13. The van der Waals surface area contributed by atoms with Crippen molar-refractivity contribution in [3.8, 4) is 23.3 Å². The van der Waals surface area contributed by atoms with Gasteiger partial charge in [-0.3, -0.25) is 4.90 Å². The highest BCUT2D eigenvalue weighted by molar-refractivity contribution is 8.00. The van der Waals surface area contributed by atoms with Crippen molar-refractivity contribution in [1.29, 1.82) is 0 Å². The molecule has 0 atom stereocenters. The van der Waals surface area contributed by atoms with Crippen LogP contribution in [0.5, 0.6) is 11.5 Å². The fourth-order valence-corrected chi connectivity index (χ4v) is 4.87. The lowest BCUT2D eigenvalue weighted by molar-refractivity contribution is -0.142. The zero-order chi connectivity index (χ0) is 27.6. The van der Waals surface area contributed by atoms with Gasteiger partial charge in [-0.05, 0) is 105 Å². The van der Waals surface area contributed by atoms with E-state index in [2.05, 4.69) is 76.1 Å². The predicted molar refractivity (Wildman–Crippen MR) is 158 cm³/mol. The van der Waals surface area contributed by atoms with Gasteiger partial charge in [-0.25, -0.2) is 4.79 Å². The van der Waals surface area contributed by atoms with Crippen molar-refractivity contribution in [3.63, 3.8) is 0 Å². The van der Waals surface area contributed by atoms with Crippen molar-refractivity contribution in [2.75, 3.05) is 41.0 Å². The maximum atomic E-state index is 11.4. The molecule has 1 aliphatic rings. The SMILES string of the molecule is COC(=O)COc1ccc(OC/C=C(\c2ccc(C#CCN(C)C)cc2)c2ccc(SC3CC3)cc2)cc1C. The van der Waals surface area contributed by atoms with Gasteiger partial charge in [-0.15, -0.1) is 11.8 Å². The van der Waals surface area contributed by atoms with Gasteiger partial charge in [0.25, 0.3) is 0 Å². The number of carbonyl (C=O) groups excluding carboxylic acids is 1. The summed E-state index contributed by atoms with van der Waals surface area (Å²) in [6.07, 6.45) is 4.75. The van der Waals surface area contributed by atoms with Gasteiger partial charge >= 0.3 is 5.97 Å². The molecule has 202 valence electrons. The van der Waals surface area contributed by atoms with E-state index in [9.17, 15) is 4.79 Å². The van der Waals surface area contributed by atoms with Crippen molar-refractivity contribution in [2.24, 2.45) is 0 Å². The maximum Gasteiger partial charge on any atom is 0.343 e. The van der Waals surface area contributed by atoms with E-state index in [1.165, 1.54) is 24.8 Å². The summed E-state index contributed by atoms with van der Waals surface area (Å²) in [7, 11) is 5.37. The summed E-state index contributed by atoms with van der Waals surface area (Å²) in [5, 5.41) is 0.779. The first-order valence-electron chi connectivity index (χ1n) is 13.1. The Bertz CT molecular complexity index is 1350. The summed E-state index contributed by atoms with van der Waals surface area (Å²) >= 11 is 1.96. The number of hydrogen-bond donors (Lipinski definition) is 0. The van der Waals surface area contributed by atoms with E-state index in [0.29, 0.717) is 12.4 Å². The Morgan fingerprint density at radius 1 is 1.00 bits per heavy atom. The molecule has 0 bridgehead atoms. The largest absolute Gasteiger partial charge is 0.489 e. The highest BCUT2D eigenvalue weighted by Gasteiger charge is 2.22. The number of esters is 1. The van der Waals surface area contributed by atoms with Crippen LogP contribution in [0.1, 0.15) is 35.1 Å². The molecule has 6 heteroatoms. The maximum absolute atomic E-state index is 11.4. The second-order valence-corrected chi connectivity index (χ2v) is 11.1. The fraction of sp³-hybridized carbons (Fsp3) is 0.303. The van der Waals surface area contributed by atoms with Crippen molar-refractivity contribution in [2.45, 2.75) is 29.9 Å². The standard InChI is InChI=1S/C33H35NO4S/c1-24-22-28(13-18-32(24)38-23-33(35)36-4)37-21-19-31(27-11-14-29(15-12-27)39-30-16-17-30)26-9-7-25(8-10-26)6-5-20-34(2)3/h7-15,18-19,22,30H,16-17,20-21,23H2,1-4H3/b31-19+. The number of benzene rings is 3. The molecular weight excluding hydrogens is 506 g/mol. The molecule has 0 unspecified atom stereocenters. The van der Waals surface area contributed by atoms with Crippen LogP contribution in [-0.4, -0.2) is 57.1 Å². The van der Waals surface area contributed by atoms with Crippen LogP contribution >= 0.6 is 11.8 Å². The number of hydrogen-bond acceptors (Lipinski definition) is 6. The first kappa shape index (κ1) is 28.4. The van der Waals surface area contributed by atoms with E-state index in [1.54, 1.807) is 0 Å². The zero-order valence-electron chi connectivity index (χ0n) is 23.0. The molecule has 39 heavy (non-hydrogen) atoms. The van der Waals surface area contributed by atoms with E-state index in [4.69, 9.17) is 9.47 Å². The van der Waals surface area contributed by atoms with E-state index >= 15 is 0 Å². The monoisotopic (exact) mass is 541 g/mol. The van der Waals surface area contributed by atoms with E-state index < -0.39 is 5.97 Å². The van der Waals surface area contributed by atoms with Gasteiger partial charge in [-0.2, -0.15) is 0 Å². The van der Waals surface area contributed by atoms with Crippen LogP contribution in [-0.2, 0) is 9.53 Å². The normalized spacial score (nSPS) is 13.0. The first-order valence-corrected chi connectivity index (χ1v) is 13.9. The van der Waals surface area contributed by atoms with Crippen molar-refractivity contribution >= 4 is 23.3 Å². The van der Waals surface area contributed by atoms with Crippen LogP contribution in [0, 0.1) is 18.8 Å². The van der Waals surface area contributed by atoms with Crippen molar-refractivity contribution in [3.05, 3.63) is 95.1 Å². The molecule has 0 radical (unpaired) electrons. The summed E-state index contributed by atoms with van der Waals surface area (Å²) < 4.78 is 16.3. The minimum Gasteiger partial charge on any atom is -0.489 e. The topological polar surface area (TPSA) is 48.0 Å². The Morgan fingerprint density at radius 2 is 1.69 bits per heavy atom. The number of nitrogens with zero attached hydrogens (tertiary/aromatic N) is 1. The molecule has 1 fully saturated rings. The van der Waals surface area contributed by atoms with E-state index in [1.807, 2.05) is 51.0 Å². The number of thioether (sulfide) groups is 1. The molecule has 1 aliphatic carbocycles. The molecule has 1 saturated carbocycles. The van der Waals surface area contributed by atoms with E-state index in [-0.39, 0.29) is 6.61 Å². The van der Waals surface area contributed by atoms with Crippen LogP contribution < -0.4 is 9.47 Å². The molecule has 0 spiro atoms. The van der Waals surface area contributed by atoms with Gasteiger partial charge in [0.2, 0.25) is 0 Å². The van der Waals surface area contributed by atoms with Crippen LogP contribution in [0.3, 0.4) is 0 Å². The number of rotatable bonds is 11. The van der Waals surface area contributed by atoms with Crippen LogP contribution in [0.25, 0.3) is 5.57 Å². The second kappa shape index (κ2) is 13.9. The highest BCUT2D eigenvalue weighted by Crippen LogP contribution is 2.39. The Kier molecular flexibility index (Phi) is 10.1. The molecule has 0 aliphatic heterocycles. The van der Waals surface area contributed by atoms with Crippen LogP contribution in [0.4, 0.5) is 0 Å². The molecule has 4 rings (SSSR count). The Labute approximate surface area is 236 Å². The number of carbonyl (C=O) groups is 1. The minimum absolute atomic E-state index is 0.123. The third-order valence-electron chi connectivity index (χ3n) is 6.07. The zero-order valence-corrected chi connectivity index (χ0v) is 23.8. The molecule has 0 aromatic heterocycles. The van der Waals surface area contributed by atoms with Crippen molar-refractivity contribution in [1.82, 2.24) is 4.90 Å². The summed E-state index contributed by atoms with van der Waals surface area (Å²) in [5.74, 6) is 7.37. The Hall–Kier alpha value is -3.66. The third-order valence-corrected chi connectivity index (χ3v) is 7.42. The summed E-state index contributed by atoms with van der Waals surface area (Å²) in [6.45, 7) is 2.93. The molecule has 0 heterocycles. The van der Waals surface area contributed by atoms with Gasteiger partial charge in [0, 0.05) is 15.7 Å². The average Bonchev–Trinajstić information content (AvgIpc) is 3.75. The molecule has 0 saturated heterocycles. The molecule has 3 aromatic carbocycles. The average molecular weight is 542 g/mol. The number of ether oxygens (including phenoxy) is 3.